The number of nitrogens with zero attached hydrogens (tertiary/aromatic N) is 3. The largest absolute Gasteiger partial charge is 0.331 e. The topological polar surface area (TPSA) is 48.5 Å². The van der Waals surface area contributed by atoms with Gasteiger partial charge in [-0.1, -0.05) is 29.8 Å². The van der Waals surface area contributed by atoms with E-state index in [1.807, 2.05) is 17.2 Å². The highest BCUT2D eigenvalue weighted by molar-refractivity contribution is 5.75. The van der Waals surface area contributed by atoms with Crippen LogP contribution < -0.4 is 5.32 Å². The smallest absolute Gasteiger partial charge is 0.317 e. The highest BCUT2D eigenvalue weighted by Crippen LogP contribution is 2.30. The molecule has 0 spiro atoms. The summed E-state index contributed by atoms with van der Waals surface area (Å²) >= 11 is 0. The van der Waals surface area contributed by atoms with Gasteiger partial charge in [0.05, 0.1) is 6.04 Å². The second-order valence-electron chi connectivity index (χ2n) is 7.72. The predicted octanol–water partition coefficient (Wildman–Crippen LogP) is 3.29. The lowest BCUT2D eigenvalue weighted by atomic mass is 9.87. The second-order valence-corrected chi connectivity index (χ2v) is 7.72. The fourth-order valence-electron chi connectivity index (χ4n) is 4.17. The Hall–Kier alpha value is -2.40. The third-order valence-corrected chi connectivity index (χ3v) is 5.70. The number of aryl methyl sites for hydroxylation is 2. The van der Waals surface area contributed by atoms with Crippen LogP contribution in [0.4, 0.5) is 4.79 Å². The van der Waals surface area contributed by atoms with Gasteiger partial charge in [0.25, 0.3) is 0 Å². The Balaban J connectivity index is 1.32. The second kappa shape index (κ2) is 8.09. The van der Waals surface area contributed by atoms with Gasteiger partial charge in [-0.15, -0.1) is 0 Å². The Kier molecular flexibility index (Phi) is 5.39. The molecule has 27 heavy (non-hydrogen) atoms. The van der Waals surface area contributed by atoms with Crippen LogP contribution in [-0.4, -0.2) is 47.0 Å². The van der Waals surface area contributed by atoms with E-state index >= 15 is 0 Å². The predicted molar refractivity (Wildman–Crippen MR) is 106 cm³/mol. The molecule has 1 atom stereocenters. The van der Waals surface area contributed by atoms with E-state index in [9.17, 15) is 4.79 Å². The maximum atomic E-state index is 12.8. The van der Waals surface area contributed by atoms with Gasteiger partial charge in [0, 0.05) is 45.1 Å². The van der Waals surface area contributed by atoms with Gasteiger partial charge in [0.2, 0.25) is 0 Å². The number of benzene rings is 1. The van der Waals surface area contributed by atoms with E-state index in [0.29, 0.717) is 0 Å². The van der Waals surface area contributed by atoms with Crippen molar-refractivity contribution >= 4 is 6.03 Å². The molecule has 2 heterocycles. The van der Waals surface area contributed by atoms with E-state index in [4.69, 9.17) is 0 Å². The average Bonchev–Trinajstić information content (AvgIpc) is 2.70. The number of fused-ring (bicyclic) bond motifs is 1. The lowest BCUT2D eigenvalue weighted by Crippen LogP contribution is -2.52. The Bertz CT molecular complexity index is 784. The molecular weight excluding hydrogens is 336 g/mol. The van der Waals surface area contributed by atoms with Crippen molar-refractivity contribution in [3.8, 4) is 0 Å². The van der Waals surface area contributed by atoms with Gasteiger partial charge in [0.1, 0.15) is 0 Å². The summed E-state index contributed by atoms with van der Waals surface area (Å²) in [7, 11) is 0. The standard InChI is InChI=1S/C22H28N4O/c1-17-7-8-19-5-2-6-21(20(19)14-17)24-22(27)26-12-10-25(11-13-26)16-18-4-3-9-23-15-18/h3-4,7-9,14-15,21H,2,5-6,10-13,16H2,1H3,(H,24,27). The summed E-state index contributed by atoms with van der Waals surface area (Å²) < 4.78 is 0. The lowest BCUT2D eigenvalue weighted by molar-refractivity contribution is 0.132. The number of carbonyl (C=O) groups is 1. The minimum absolute atomic E-state index is 0.0791. The third-order valence-electron chi connectivity index (χ3n) is 5.70. The van der Waals surface area contributed by atoms with E-state index < -0.39 is 0 Å². The van der Waals surface area contributed by atoms with Gasteiger partial charge in [-0.2, -0.15) is 0 Å². The van der Waals surface area contributed by atoms with Gasteiger partial charge in [-0.3, -0.25) is 9.88 Å². The quantitative estimate of drug-likeness (QED) is 0.909. The fourth-order valence-corrected chi connectivity index (χ4v) is 4.17. The van der Waals surface area contributed by atoms with Crippen molar-refractivity contribution < 1.29 is 4.79 Å². The summed E-state index contributed by atoms with van der Waals surface area (Å²) in [6.07, 6.45) is 7.01. The number of aromatic nitrogens is 1. The molecule has 1 unspecified atom stereocenters. The molecule has 0 bridgehead atoms. The molecule has 1 saturated heterocycles. The number of urea groups is 1. The zero-order chi connectivity index (χ0) is 18.6. The molecule has 5 heteroatoms. The molecule has 2 amide bonds. The van der Waals surface area contributed by atoms with Crippen molar-refractivity contribution in [1.29, 1.82) is 0 Å². The van der Waals surface area contributed by atoms with Gasteiger partial charge < -0.3 is 10.2 Å². The van der Waals surface area contributed by atoms with E-state index in [0.717, 1.165) is 52.0 Å². The number of hydrogen-bond donors (Lipinski definition) is 1. The number of hydrogen-bond acceptors (Lipinski definition) is 3. The Morgan fingerprint density at radius 2 is 2.07 bits per heavy atom. The van der Waals surface area contributed by atoms with Crippen molar-refractivity contribution in [2.75, 3.05) is 26.2 Å². The van der Waals surface area contributed by atoms with E-state index in [1.54, 1.807) is 6.20 Å². The minimum Gasteiger partial charge on any atom is -0.331 e. The molecule has 1 N–H and O–H groups in total. The lowest BCUT2D eigenvalue weighted by Gasteiger charge is -2.36. The number of piperazine rings is 1. The summed E-state index contributed by atoms with van der Waals surface area (Å²) in [5.74, 6) is 0. The first kappa shape index (κ1) is 18.0. The number of rotatable bonds is 3. The summed E-state index contributed by atoms with van der Waals surface area (Å²) in [5, 5.41) is 3.29. The van der Waals surface area contributed by atoms with E-state index in [2.05, 4.69) is 46.4 Å². The number of amides is 2. The number of nitrogens with one attached hydrogen (secondary N) is 1. The molecule has 1 fully saturated rings. The molecule has 2 aromatic rings. The van der Waals surface area contributed by atoms with Crippen LogP contribution in [0.3, 0.4) is 0 Å². The Labute approximate surface area is 161 Å². The van der Waals surface area contributed by atoms with Crippen LogP contribution in [0, 0.1) is 6.92 Å². The molecular formula is C22H28N4O. The van der Waals surface area contributed by atoms with Crippen molar-refractivity contribution in [1.82, 2.24) is 20.1 Å². The summed E-state index contributed by atoms with van der Waals surface area (Å²) in [6.45, 7) is 6.39. The monoisotopic (exact) mass is 364 g/mol. The van der Waals surface area contributed by atoms with Crippen LogP contribution in [0.15, 0.2) is 42.7 Å². The average molecular weight is 364 g/mol. The highest BCUT2D eigenvalue weighted by Gasteiger charge is 2.26. The van der Waals surface area contributed by atoms with Crippen molar-refractivity contribution in [3.05, 3.63) is 65.0 Å². The Morgan fingerprint density at radius 1 is 1.22 bits per heavy atom. The number of carbonyl (C=O) groups excluding carboxylic acids is 1. The van der Waals surface area contributed by atoms with Crippen LogP contribution in [0.1, 0.15) is 41.1 Å². The normalized spacial score (nSPS) is 20.2. The SMILES string of the molecule is Cc1ccc2c(c1)C(NC(=O)N1CCN(Cc3cccnc3)CC1)CCC2. The third kappa shape index (κ3) is 4.30. The molecule has 1 aromatic carbocycles. The molecule has 0 saturated carbocycles. The van der Waals surface area contributed by atoms with Crippen LogP contribution >= 0.6 is 0 Å². The molecule has 0 radical (unpaired) electrons. The summed E-state index contributed by atoms with van der Waals surface area (Å²) in [6, 6.07) is 10.9. The molecule has 4 rings (SSSR count). The van der Waals surface area contributed by atoms with Crippen molar-refractivity contribution in [2.45, 2.75) is 38.8 Å². The maximum Gasteiger partial charge on any atom is 0.317 e. The van der Waals surface area contributed by atoms with Gasteiger partial charge in [-0.25, -0.2) is 4.79 Å². The molecule has 142 valence electrons. The molecule has 1 aromatic heterocycles. The van der Waals surface area contributed by atoms with Crippen molar-refractivity contribution in [3.63, 3.8) is 0 Å². The van der Waals surface area contributed by atoms with Crippen LogP contribution in [0.25, 0.3) is 0 Å². The maximum absolute atomic E-state index is 12.8. The highest BCUT2D eigenvalue weighted by atomic mass is 16.2. The van der Waals surface area contributed by atoms with Crippen LogP contribution in [0.5, 0.6) is 0 Å². The number of pyridine rings is 1. The summed E-state index contributed by atoms with van der Waals surface area (Å²) in [4.78, 5) is 21.3. The van der Waals surface area contributed by atoms with Gasteiger partial charge in [-0.05, 0) is 48.9 Å². The van der Waals surface area contributed by atoms with Crippen LogP contribution in [-0.2, 0) is 13.0 Å². The first-order valence-electron chi connectivity index (χ1n) is 9.95. The fraction of sp³-hybridized carbons (Fsp3) is 0.455. The zero-order valence-electron chi connectivity index (χ0n) is 16.0. The van der Waals surface area contributed by atoms with Gasteiger partial charge >= 0.3 is 6.03 Å². The van der Waals surface area contributed by atoms with Crippen molar-refractivity contribution in [2.24, 2.45) is 0 Å². The first-order chi connectivity index (χ1) is 13.2. The van der Waals surface area contributed by atoms with Crippen LogP contribution in [0.2, 0.25) is 0 Å². The minimum atomic E-state index is 0.0791. The van der Waals surface area contributed by atoms with E-state index in [1.165, 1.54) is 22.3 Å². The van der Waals surface area contributed by atoms with E-state index in [-0.39, 0.29) is 12.1 Å². The first-order valence-corrected chi connectivity index (χ1v) is 9.95. The molecule has 2 aliphatic rings. The zero-order valence-corrected chi connectivity index (χ0v) is 16.0. The van der Waals surface area contributed by atoms with Gasteiger partial charge in [0.15, 0.2) is 0 Å². The summed E-state index contributed by atoms with van der Waals surface area (Å²) in [5.41, 5.74) is 5.19. The Morgan fingerprint density at radius 3 is 2.85 bits per heavy atom. The molecule has 1 aliphatic heterocycles. The molecule has 1 aliphatic carbocycles. The molecule has 5 nitrogen and oxygen atoms in total.